The van der Waals surface area contributed by atoms with E-state index in [2.05, 4.69) is 4.90 Å². The van der Waals surface area contributed by atoms with Crippen molar-refractivity contribution in [3.05, 3.63) is 29.6 Å². The van der Waals surface area contributed by atoms with Crippen molar-refractivity contribution in [1.82, 2.24) is 9.21 Å². The summed E-state index contributed by atoms with van der Waals surface area (Å²) in [5, 5.41) is 0. The lowest BCUT2D eigenvalue weighted by Crippen LogP contribution is -2.39. The summed E-state index contributed by atoms with van der Waals surface area (Å²) in [7, 11) is -3.52. The number of benzene rings is 1. The molecule has 2 heterocycles. The molecule has 116 valence electrons. The number of fused-ring (bicyclic) bond motifs is 1. The van der Waals surface area contributed by atoms with Crippen LogP contribution < -0.4 is 0 Å². The van der Waals surface area contributed by atoms with Gasteiger partial charge in [-0.15, -0.1) is 0 Å². The maximum absolute atomic E-state index is 13.4. The summed E-state index contributed by atoms with van der Waals surface area (Å²) in [5.41, 5.74) is 0.369. The lowest BCUT2D eigenvalue weighted by atomic mass is 10.2. The number of rotatable bonds is 2. The van der Waals surface area contributed by atoms with E-state index in [1.807, 2.05) is 0 Å². The molecule has 0 aromatic heterocycles. The van der Waals surface area contributed by atoms with Crippen LogP contribution in [-0.4, -0.2) is 49.8 Å². The van der Waals surface area contributed by atoms with Gasteiger partial charge >= 0.3 is 0 Å². The van der Waals surface area contributed by atoms with E-state index in [1.54, 1.807) is 11.2 Å². The van der Waals surface area contributed by atoms with Crippen LogP contribution in [0.4, 0.5) is 4.39 Å². The molecule has 1 aromatic rings. The summed E-state index contributed by atoms with van der Waals surface area (Å²) < 4.78 is 40.5. The highest BCUT2D eigenvalue weighted by atomic mass is 32.2. The maximum Gasteiger partial charge on any atom is 0.243 e. The molecule has 0 amide bonds. The highest BCUT2D eigenvalue weighted by Gasteiger charge is 2.34. The Bertz CT molecular complexity index is 633. The molecule has 0 N–H and O–H groups in total. The maximum atomic E-state index is 13.4. The molecule has 2 aliphatic heterocycles. The Morgan fingerprint density at radius 2 is 1.95 bits per heavy atom. The molecule has 2 fully saturated rings. The predicted molar refractivity (Wildman–Crippen MR) is 79.1 cm³/mol. The van der Waals surface area contributed by atoms with Gasteiger partial charge in [0.15, 0.2) is 0 Å². The third kappa shape index (κ3) is 2.84. The van der Waals surface area contributed by atoms with Gasteiger partial charge in [-0.2, -0.15) is 4.31 Å². The first-order chi connectivity index (χ1) is 9.98. The topological polar surface area (TPSA) is 40.6 Å². The Balaban J connectivity index is 1.88. The zero-order chi connectivity index (χ0) is 15.0. The molecule has 0 unspecified atom stereocenters. The quantitative estimate of drug-likeness (QED) is 0.838. The lowest BCUT2D eigenvalue weighted by molar-refractivity contribution is 0.257. The molecule has 0 radical (unpaired) electrons. The average Bonchev–Trinajstić information content (AvgIpc) is 2.78. The molecule has 1 atom stereocenters. The first-order valence-corrected chi connectivity index (χ1v) is 8.93. The fourth-order valence-electron chi connectivity index (χ4n) is 3.32. The van der Waals surface area contributed by atoms with Crippen LogP contribution in [-0.2, 0) is 10.0 Å². The predicted octanol–water partition coefficient (Wildman–Crippen LogP) is 1.99. The Labute approximate surface area is 125 Å². The van der Waals surface area contributed by atoms with Crippen LogP contribution in [0, 0.1) is 12.7 Å². The molecule has 0 saturated carbocycles. The largest absolute Gasteiger partial charge is 0.299 e. The van der Waals surface area contributed by atoms with Crippen molar-refractivity contribution >= 4 is 10.0 Å². The Kier molecular flexibility index (Phi) is 4.03. The van der Waals surface area contributed by atoms with E-state index < -0.39 is 10.0 Å². The molecular formula is C15H21FN2O2S. The van der Waals surface area contributed by atoms with Gasteiger partial charge in [0, 0.05) is 19.1 Å². The summed E-state index contributed by atoms with van der Waals surface area (Å²) in [6.07, 6.45) is 3.07. The van der Waals surface area contributed by atoms with Crippen molar-refractivity contribution in [2.75, 3.05) is 26.2 Å². The van der Waals surface area contributed by atoms with Crippen molar-refractivity contribution in [2.45, 2.75) is 37.1 Å². The smallest absolute Gasteiger partial charge is 0.243 e. The van der Waals surface area contributed by atoms with Crippen molar-refractivity contribution in [3.63, 3.8) is 0 Å². The van der Waals surface area contributed by atoms with Crippen LogP contribution in [0.2, 0.25) is 0 Å². The van der Waals surface area contributed by atoms with Gasteiger partial charge in [0.05, 0.1) is 4.90 Å². The third-order valence-corrected chi connectivity index (χ3v) is 6.39. The van der Waals surface area contributed by atoms with E-state index in [0.29, 0.717) is 24.7 Å². The molecule has 4 nitrogen and oxygen atoms in total. The summed E-state index contributed by atoms with van der Waals surface area (Å²) >= 11 is 0. The first kappa shape index (κ1) is 14.9. The molecule has 2 aliphatic rings. The minimum atomic E-state index is -3.52. The van der Waals surface area contributed by atoms with Gasteiger partial charge in [-0.25, -0.2) is 12.8 Å². The van der Waals surface area contributed by atoms with E-state index in [1.165, 1.54) is 18.2 Å². The van der Waals surface area contributed by atoms with E-state index >= 15 is 0 Å². The second-order valence-corrected chi connectivity index (χ2v) is 7.90. The van der Waals surface area contributed by atoms with E-state index in [0.717, 1.165) is 32.4 Å². The Morgan fingerprint density at radius 1 is 1.19 bits per heavy atom. The first-order valence-electron chi connectivity index (χ1n) is 7.49. The summed E-state index contributed by atoms with van der Waals surface area (Å²) in [6.45, 7) is 4.74. The van der Waals surface area contributed by atoms with E-state index in [4.69, 9.17) is 0 Å². The number of hydrogen-bond acceptors (Lipinski definition) is 3. The molecule has 0 spiro atoms. The molecule has 3 rings (SSSR count). The van der Waals surface area contributed by atoms with Crippen LogP contribution in [0.15, 0.2) is 23.1 Å². The minimum Gasteiger partial charge on any atom is -0.299 e. The van der Waals surface area contributed by atoms with Gasteiger partial charge in [0.1, 0.15) is 5.82 Å². The van der Waals surface area contributed by atoms with Gasteiger partial charge in [0.25, 0.3) is 0 Å². The van der Waals surface area contributed by atoms with Crippen LogP contribution in [0.1, 0.15) is 24.8 Å². The zero-order valence-electron chi connectivity index (χ0n) is 12.3. The third-order valence-electron chi connectivity index (χ3n) is 4.53. The molecular weight excluding hydrogens is 291 g/mol. The fraction of sp³-hybridized carbons (Fsp3) is 0.600. The highest BCUT2D eigenvalue weighted by molar-refractivity contribution is 7.89. The van der Waals surface area contributed by atoms with Crippen LogP contribution >= 0.6 is 0 Å². The standard InChI is InChI=1S/C15H21FN2O2S/c1-12-10-14(5-6-15(12)16)21(19,20)18-9-3-8-17-7-2-4-13(17)11-18/h5-6,10,13H,2-4,7-9,11H2,1H3/t13-/m0/s1. The second kappa shape index (κ2) is 5.66. The van der Waals surface area contributed by atoms with Gasteiger partial charge in [-0.1, -0.05) is 0 Å². The van der Waals surface area contributed by atoms with Gasteiger partial charge in [-0.05, 0) is 63.0 Å². The summed E-state index contributed by atoms with van der Waals surface area (Å²) in [5.74, 6) is -0.369. The van der Waals surface area contributed by atoms with Crippen molar-refractivity contribution < 1.29 is 12.8 Å². The molecule has 0 bridgehead atoms. The van der Waals surface area contributed by atoms with Gasteiger partial charge in [0.2, 0.25) is 10.0 Å². The van der Waals surface area contributed by atoms with Crippen molar-refractivity contribution in [1.29, 1.82) is 0 Å². The SMILES string of the molecule is Cc1cc(S(=O)(=O)N2CCCN3CCC[C@H]3C2)ccc1F. The van der Waals surface area contributed by atoms with Crippen molar-refractivity contribution in [2.24, 2.45) is 0 Å². The van der Waals surface area contributed by atoms with Crippen molar-refractivity contribution in [3.8, 4) is 0 Å². The van der Waals surface area contributed by atoms with Gasteiger partial charge in [-0.3, -0.25) is 4.90 Å². The number of hydrogen-bond donors (Lipinski definition) is 0. The van der Waals surface area contributed by atoms with Crippen LogP contribution in [0.25, 0.3) is 0 Å². The fourth-order valence-corrected chi connectivity index (χ4v) is 4.92. The van der Waals surface area contributed by atoms with E-state index in [9.17, 15) is 12.8 Å². The number of halogens is 1. The van der Waals surface area contributed by atoms with Crippen LogP contribution in [0.5, 0.6) is 0 Å². The van der Waals surface area contributed by atoms with E-state index in [-0.39, 0.29) is 10.7 Å². The molecule has 6 heteroatoms. The highest BCUT2D eigenvalue weighted by Crippen LogP contribution is 2.26. The lowest BCUT2D eigenvalue weighted by Gasteiger charge is -2.25. The number of nitrogens with zero attached hydrogens (tertiary/aromatic N) is 2. The zero-order valence-corrected chi connectivity index (χ0v) is 13.1. The normalized spacial score (nSPS) is 24.8. The van der Waals surface area contributed by atoms with Gasteiger partial charge < -0.3 is 0 Å². The average molecular weight is 312 g/mol. The number of aryl methyl sites for hydroxylation is 1. The Hall–Kier alpha value is -0.980. The molecule has 2 saturated heterocycles. The van der Waals surface area contributed by atoms with Crippen LogP contribution in [0.3, 0.4) is 0 Å². The molecule has 1 aromatic carbocycles. The summed E-state index contributed by atoms with van der Waals surface area (Å²) in [6, 6.07) is 4.38. The number of sulfonamides is 1. The molecule has 21 heavy (non-hydrogen) atoms. The minimum absolute atomic E-state index is 0.202. The summed E-state index contributed by atoms with van der Waals surface area (Å²) in [4.78, 5) is 2.60. The molecule has 0 aliphatic carbocycles. The monoisotopic (exact) mass is 312 g/mol. The Morgan fingerprint density at radius 3 is 2.71 bits per heavy atom. The second-order valence-electron chi connectivity index (χ2n) is 5.96.